The number of halogens is 6. The summed E-state index contributed by atoms with van der Waals surface area (Å²) in [6.45, 7) is 1.24. The van der Waals surface area contributed by atoms with E-state index in [4.69, 9.17) is 0 Å². The molecule has 0 aliphatic heterocycles. The summed E-state index contributed by atoms with van der Waals surface area (Å²) in [6.07, 6.45) is -10.2. The zero-order chi connectivity index (χ0) is 19.6. The van der Waals surface area contributed by atoms with Gasteiger partial charge >= 0.3 is 18.3 Å². The molecule has 0 unspecified atom stereocenters. The standard InChI is InChI=1S/C15H13F6NO3/c1-7(22-2)11(13(24)25-3)12(23)8-4-9(14(16,17)18)6-10(5-8)15(19,20)21/h4-6,23H,1-3H3/b12-11-,22-7?. The predicted octanol–water partition coefficient (Wildman–Crippen LogP) is 4.26. The lowest BCUT2D eigenvalue weighted by Crippen LogP contribution is -2.16. The summed E-state index contributed by atoms with van der Waals surface area (Å²) >= 11 is 0. The van der Waals surface area contributed by atoms with Gasteiger partial charge in [0.1, 0.15) is 11.3 Å². The van der Waals surface area contributed by atoms with Crippen LogP contribution >= 0.6 is 0 Å². The molecule has 25 heavy (non-hydrogen) atoms. The third kappa shape index (κ3) is 4.74. The van der Waals surface area contributed by atoms with Crippen LogP contribution in [-0.4, -0.2) is 30.9 Å². The lowest BCUT2D eigenvalue weighted by atomic mass is 9.99. The van der Waals surface area contributed by atoms with Crippen LogP contribution in [0.3, 0.4) is 0 Å². The van der Waals surface area contributed by atoms with Crippen molar-refractivity contribution in [1.29, 1.82) is 0 Å². The van der Waals surface area contributed by atoms with E-state index in [-0.39, 0.29) is 11.8 Å². The largest absolute Gasteiger partial charge is 0.506 e. The van der Waals surface area contributed by atoms with Gasteiger partial charge in [-0.25, -0.2) is 4.79 Å². The Morgan fingerprint density at radius 1 is 1.04 bits per heavy atom. The minimum Gasteiger partial charge on any atom is -0.506 e. The zero-order valence-electron chi connectivity index (χ0n) is 13.2. The van der Waals surface area contributed by atoms with Crippen molar-refractivity contribution in [3.05, 3.63) is 40.5 Å². The molecule has 0 amide bonds. The van der Waals surface area contributed by atoms with Crippen LogP contribution in [0.5, 0.6) is 0 Å². The summed E-state index contributed by atoms with van der Waals surface area (Å²) in [5.41, 5.74) is -4.86. The molecule has 0 aliphatic rings. The fourth-order valence-corrected chi connectivity index (χ4v) is 1.87. The lowest BCUT2D eigenvalue weighted by molar-refractivity contribution is -0.143. The molecule has 1 aromatic carbocycles. The second-order valence-corrected chi connectivity index (χ2v) is 4.82. The highest BCUT2D eigenvalue weighted by Gasteiger charge is 2.37. The number of aliphatic hydroxyl groups excluding tert-OH is 1. The first-order valence-electron chi connectivity index (χ1n) is 6.58. The molecule has 0 aromatic heterocycles. The second-order valence-electron chi connectivity index (χ2n) is 4.82. The SMILES string of the molecule is CN=C(C)/C(C(=O)OC)=C(/O)c1cc(C(F)(F)F)cc(C(F)(F)F)c1. The van der Waals surface area contributed by atoms with Crippen molar-refractivity contribution >= 4 is 17.4 Å². The van der Waals surface area contributed by atoms with E-state index < -0.39 is 46.3 Å². The molecular formula is C15H13F6NO3. The highest BCUT2D eigenvalue weighted by Crippen LogP contribution is 2.37. The van der Waals surface area contributed by atoms with Gasteiger partial charge in [-0.15, -0.1) is 0 Å². The maximum absolute atomic E-state index is 12.9. The summed E-state index contributed by atoms with van der Waals surface area (Å²) in [5, 5.41) is 10.1. The number of benzene rings is 1. The summed E-state index contributed by atoms with van der Waals surface area (Å²) in [5.74, 6) is -2.27. The van der Waals surface area contributed by atoms with Gasteiger partial charge in [0, 0.05) is 18.3 Å². The number of hydrogen-bond donors (Lipinski definition) is 1. The Morgan fingerprint density at radius 2 is 1.48 bits per heavy atom. The van der Waals surface area contributed by atoms with E-state index >= 15 is 0 Å². The van der Waals surface area contributed by atoms with Crippen LogP contribution in [0.25, 0.3) is 5.76 Å². The van der Waals surface area contributed by atoms with Gasteiger partial charge in [0.15, 0.2) is 0 Å². The molecule has 0 saturated heterocycles. The number of esters is 1. The van der Waals surface area contributed by atoms with Crippen LogP contribution in [-0.2, 0) is 21.9 Å². The number of alkyl halides is 6. The molecule has 0 saturated carbocycles. The molecule has 10 heteroatoms. The molecule has 0 radical (unpaired) electrons. The van der Waals surface area contributed by atoms with E-state index in [1.807, 2.05) is 0 Å². The summed E-state index contributed by atoms with van der Waals surface area (Å²) < 4.78 is 81.6. The molecule has 0 atom stereocenters. The van der Waals surface area contributed by atoms with Crippen molar-refractivity contribution < 1.29 is 41.0 Å². The van der Waals surface area contributed by atoms with E-state index in [0.29, 0.717) is 12.1 Å². The van der Waals surface area contributed by atoms with E-state index in [0.717, 1.165) is 7.11 Å². The highest BCUT2D eigenvalue weighted by atomic mass is 19.4. The Balaban J connectivity index is 3.79. The zero-order valence-corrected chi connectivity index (χ0v) is 13.2. The Bertz CT molecular complexity index is 700. The Labute approximate surface area is 138 Å². The molecule has 0 heterocycles. The summed E-state index contributed by atoms with van der Waals surface area (Å²) in [7, 11) is 2.16. The monoisotopic (exact) mass is 369 g/mol. The van der Waals surface area contributed by atoms with Crippen molar-refractivity contribution in [3.8, 4) is 0 Å². The van der Waals surface area contributed by atoms with Crippen LogP contribution in [0.4, 0.5) is 26.3 Å². The number of aliphatic hydroxyl groups is 1. The molecule has 4 nitrogen and oxygen atoms in total. The van der Waals surface area contributed by atoms with Gasteiger partial charge < -0.3 is 9.84 Å². The molecule has 0 fully saturated rings. The summed E-state index contributed by atoms with van der Waals surface area (Å²) in [6, 6.07) is 0.516. The molecule has 0 aliphatic carbocycles. The van der Waals surface area contributed by atoms with E-state index in [1.165, 1.54) is 14.0 Å². The number of aliphatic imine (C=N–C) groups is 1. The van der Waals surface area contributed by atoms with Crippen LogP contribution in [0, 0.1) is 0 Å². The van der Waals surface area contributed by atoms with Gasteiger partial charge in [-0.05, 0) is 25.1 Å². The van der Waals surface area contributed by atoms with E-state index in [1.54, 1.807) is 0 Å². The maximum atomic E-state index is 12.9. The number of methoxy groups -OCH3 is 1. The molecule has 0 bridgehead atoms. The van der Waals surface area contributed by atoms with Gasteiger partial charge in [0.25, 0.3) is 0 Å². The smallest absolute Gasteiger partial charge is 0.416 e. The first kappa shape index (κ1) is 20.5. The van der Waals surface area contributed by atoms with Crippen molar-refractivity contribution in [2.45, 2.75) is 19.3 Å². The van der Waals surface area contributed by atoms with Crippen LogP contribution in [0.2, 0.25) is 0 Å². The minimum atomic E-state index is -5.09. The van der Waals surface area contributed by atoms with Crippen molar-refractivity contribution in [2.24, 2.45) is 4.99 Å². The lowest BCUT2D eigenvalue weighted by Gasteiger charge is -2.15. The average molecular weight is 369 g/mol. The maximum Gasteiger partial charge on any atom is 0.416 e. The molecular weight excluding hydrogens is 356 g/mol. The van der Waals surface area contributed by atoms with Gasteiger partial charge in [0.05, 0.1) is 18.2 Å². The summed E-state index contributed by atoms with van der Waals surface area (Å²) in [4.78, 5) is 15.3. The number of rotatable bonds is 3. The number of nitrogens with zero attached hydrogens (tertiary/aromatic N) is 1. The minimum absolute atomic E-state index is 0.0879. The fraction of sp³-hybridized carbons (Fsp3) is 0.333. The first-order chi connectivity index (χ1) is 11.3. The highest BCUT2D eigenvalue weighted by molar-refractivity contribution is 6.23. The van der Waals surface area contributed by atoms with Crippen molar-refractivity contribution in [3.63, 3.8) is 0 Å². The fourth-order valence-electron chi connectivity index (χ4n) is 1.87. The third-order valence-corrected chi connectivity index (χ3v) is 3.18. The molecule has 1 rings (SSSR count). The number of hydrogen-bond acceptors (Lipinski definition) is 4. The number of carbonyl (C=O) groups excluding carboxylic acids is 1. The Kier molecular flexibility index (Phi) is 5.88. The van der Waals surface area contributed by atoms with Gasteiger partial charge in [-0.2, -0.15) is 26.3 Å². The third-order valence-electron chi connectivity index (χ3n) is 3.18. The van der Waals surface area contributed by atoms with Gasteiger partial charge in [-0.3, -0.25) is 4.99 Å². The molecule has 1 N–H and O–H groups in total. The van der Waals surface area contributed by atoms with Crippen LogP contribution < -0.4 is 0 Å². The first-order valence-corrected chi connectivity index (χ1v) is 6.58. The molecule has 0 spiro atoms. The van der Waals surface area contributed by atoms with Gasteiger partial charge in [0.2, 0.25) is 0 Å². The topological polar surface area (TPSA) is 58.9 Å². The number of ether oxygens (including phenoxy) is 1. The predicted molar refractivity (Wildman–Crippen MR) is 77.0 cm³/mol. The molecule has 138 valence electrons. The van der Waals surface area contributed by atoms with Crippen molar-refractivity contribution in [1.82, 2.24) is 0 Å². The quantitative estimate of drug-likeness (QED) is 0.285. The Morgan fingerprint density at radius 3 is 1.80 bits per heavy atom. The van der Waals surface area contributed by atoms with E-state index in [2.05, 4.69) is 9.73 Å². The average Bonchev–Trinajstić information content (AvgIpc) is 2.52. The molecule has 1 aromatic rings. The second kappa shape index (κ2) is 7.16. The van der Waals surface area contributed by atoms with E-state index in [9.17, 15) is 36.2 Å². The normalized spacial score (nSPS) is 14.2. The van der Waals surface area contributed by atoms with Crippen LogP contribution in [0.1, 0.15) is 23.6 Å². The Hall–Kier alpha value is -2.52. The number of carbonyl (C=O) groups is 1. The van der Waals surface area contributed by atoms with Crippen LogP contribution in [0.15, 0.2) is 28.8 Å². The van der Waals surface area contributed by atoms with Gasteiger partial charge in [-0.1, -0.05) is 0 Å². The van der Waals surface area contributed by atoms with Crippen molar-refractivity contribution in [2.75, 3.05) is 14.2 Å².